The lowest BCUT2D eigenvalue weighted by Crippen LogP contribution is -2.37. The standard InChI is InChI=1S/C11H16O4/c1-2-13-11(12)10-7-14-8-5-3-4-6-9(8)15-10/h7-9H,2-6H2,1H3. The number of carbonyl (C=O) groups excluding carboxylic acids is 1. The molecule has 1 saturated carbocycles. The SMILES string of the molecule is CCOC(=O)C1=COC2CCCCC2O1. The lowest BCUT2D eigenvalue weighted by Gasteiger charge is -2.34. The summed E-state index contributed by atoms with van der Waals surface area (Å²) >= 11 is 0. The Morgan fingerprint density at radius 3 is 2.93 bits per heavy atom. The minimum atomic E-state index is -0.429. The number of esters is 1. The van der Waals surface area contributed by atoms with Crippen LogP contribution in [0.15, 0.2) is 12.0 Å². The van der Waals surface area contributed by atoms with Crippen molar-refractivity contribution in [2.75, 3.05) is 6.61 Å². The molecule has 0 aromatic rings. The molecule has 0 bridgehead atoms. The summed E-state index contributed by atoms with van der Waals surface area (Å²) in [4.78, 5) is 11.4. The largest absolute Gasteiger partial charge is 0.490 e. The summed E-state index contributed by atoms with van der Waals surface area (Å²) in [6.07, 6.45) is 5.83. The molecule has 2 rings (SSSR count). The number of fused-ring (bicyclic) bond motifs is 1. The van der Waals surface area contributed by atoms with Gasteiger partial charge >= 0.3 is 5.97 Å². The van der Waals surface area contributed by atoms with E-state index in [0.717, 1.165) is 19.3 Å². The van der Waals surface area contributed by atoms with Crippen LogP contribution in [0.4, 0.5) is 0 Å². The molecule has 4 nitrogen and oxygen atoms in total. The highest BCUT2D eigenvalue weighted by Gasteiger charge is 2.33. The van der Waals surface area contributed by atoms with E-state index in [2.05, 4.69) is 0 Å². The van der Waals surface area contributed by atoms with Gasteiger partial charge in [-0.25, -0.2) is 4.79 Å². The fourth-order valence-corrected chi connectivity index (χ4v) is 1.99. The fourth-order valence-electron chi connectivity index (χ4n) is 1.99. The van der Waals surface area contributed by atoms with Crippen molar-refractivity contribution in [2.45, 2.75) is 44.8 Å². The van der Waals surface area contributed by atoms with Crippen molar-refractivity contribution in [1.29, 1.82) is 0 Å². The van der Waals surface area contributed by atoms with Crippen molar-refractivity contribution in [3.8, 4) is 0 Å². The quantitative estimate of drug-likeness (QED) is 0.654. The van der Waals surface area contributed by atoms with Crippen LogP contribution in [0.2, 0.25) is 0 Å². The first-order valence-corrected chi connectivity index (χ1v) is 5.50. The molecule has 0 aromatic heterocycles. The number of hydrogen-bond acceptors (Lipinski definition) is 4. The van der Waals surface area contributed by atoms with E-state index in [1.165, 1.54) is 12.7 Å². The van der Waals surface area contributed by atoms with Crippen LogP contribution in [0.1, 0.15) is 32.6 Å². The summed E-state index contributed by atoms with van der Waals surface area (Å²) in [5, 5.41) is 0. The van der Waals surface area contributed by atoms with Crippen LogP contribution in [-0.2, 0) is 19.0 Å². The molecule has 1 fully saturated rings. The molecule has 84 valence electrons. The molecule has 0 N–H and O–H groups in total. The summed E-state index contributed by atoms with van der Waals surface area (Å²) in [6.45, 7) is 2.12. The Bertz CT molecular complexity index is 272. The third-order valence-electron chi connectivity index (χ3n) is 2.75. The number of rotatable bonds is 2. The van der Waals surface area contributed by atoms with E-state index in [9.17, 15) is 4.79 Å². The third-order valence-corrected chi connectivity index (χ3v) is 2.75. The molecule has 2 atom stereocenters. The van der Waals surface area contributed by atoms with Crippen LogP contribution in [-0.4, -0.2) is 24.8 Å². The predicted molar refractivity (Wildman–Crippen MR) is 52.9 cm³/mol. The highest BCUT2D eigenvalue weighted by molar-refractivity contribution is 5.86. The number of ether oxygens (including phenoxy) is 3. The summed E-state index contributed by atoms with van der Waals surface area (Å²) in [6, 6.07) is 0. The third kappa shape index (κ3) is 2.25. The Morgan fingerprint density at radius 1 is 1.47 bits per heavy atom. The van der Waals surface area contributed by atoms with Crippen molar-refractivity contribution in [2.24, 2.45) is 0 Å². The molecular weight excluding hydrogens is 196 g/mol. The second kappa shape index (κ2) is 4.55. The van der Waals surface area contributed by atoms with Gasteiger partial charge in [-0.2, -0.15) is 0 Å². The monoisotopic (exact) mass is 212 g/mol. The minimum Gasteiger partial charge on any atom is -0.490 e. The van der Waals surface area contributed by atoms with Gasteiger partial charge in [0.15, 0.2) is 0 Å². The molecule has 15 heavy (non-hydrogen) atoms. The van der Waals surface area contributed by atoms with Gasteiger partial charge in [0.05, 0.1) is 6.61 Å². The molecule has 0 radical (unpaired) electrons. The zero-order valence-corrected chi connectivity index (χ0v) is 8.90. The van der Waals surface area contributed by atoms with E-state index in [1.54, 1.807) is 6.92 Å². The van der Waals surface area contributed by atoms with E-state index in [0.29, 0.717) is 6.61 Å². The van der Waals surface area contributed by atoms with Gasteiger partial charge in [-0.05, 0) is 32.6 Å². The lowest BCUT2D eigenvalue weighted by molar-refractivity contribution is -0.150. The Morgan fingerprint density at radius 2 is 2.20 bits per heavy atom. The average Bonchev–Trinajstić information content (AvgIpc) is 2.29. The summed E-state index contributed by atoms with van der Waals surface area (Å²) in [7, 11) is 0. The van der Waals surface area contributed by atoms with Crippen LogP contribution in [0.5, 0.6) is 0 Å². The summed E-state index contributed by atoms with van der Waals surface area (Å²) < 4.78 is 15.9. The topological polar surface area (TPSA) is 44.8 Å². The fraction of sp³-hybridized carbons (Fsp3) is 0.727. The minimum absolute atomic E-state index is 0.0307. The molecule has 0 aromatic carbocycles. The Labute approximate surface area is 89.2 Å². The zero-order chi connectivity index (χ0) is 10.7. The molecule has 1 aliphatic carbocycles. The van der Waals surface area contributed by atoms with Gasteiger partial charge < -0.3 is 14.2 Å². The van der Waals surface area contributed by atoms with Crippen LogP contribution in [0, 0.1) is 0 Å². The van der Waals surface area contributed by atoms with Gasteiger partial charge in [0.2, 0.25) is 5.76 Å². The second-order valence-electron chi connectivity index (χ2n) is 3.82. The maximum absolute atomic E-state index is 11.4. The van der Waals surface area contributed by atoms with Gasteiger partial charge in [0.25, 0.3) is 0 Å². The van der Waals surface area contributed by atoms with Crippen molar-refractivity contribution < 1.29 is 19.0 Å². The molecule has 0 spiro atoms. The second-order valence-corrected chi connectivity index (χ2v) is 3.82. The van der Waals surface area contributed by atoms with E-state index >= 15 is 0 Å². The first-order chi connectivity index (χ1) is 7.31. The highest BCUT2D eigenvalue weighted by Crippen LogP contribution is 2.29. The van der Waals surface area contributed by atoms with E-state index in [1.807, 2.05) is 0 Å². The normalized spacial score (nSPS) is 29.3. The van der Waals surface area contributed by atoms with Gasteiger partial charge in [-0.1, -0.05) is 0 Å². The van der Waals surface area contributed by atoms with Gasteiger partial charge in [0.1, 0.15) is 18.5 Å². The molecule has 1 heterocycles. The van der Waals surface area contributed by atoms with E-state index < -0.39 is 5.97 Å². The molecule has 1 aliphatic heterocycles. The molecule has 2 aliphatic rings. The smallest absolute Gasteiger partial charge is 0.376 e. The molecular formula is C11H16O4. The van der Waals surface area contributed by atoms with Gasteiger partial charge in [-0.15, -0.1) is 0 Å². The first-order valence-electron chi connectivity index (χ1n) is 5.50. The highest BCUT2D eigenvalue weighted by atomic mass is 16.6. The number of hydrogen-bond donors (Lipinski definition) is 0. The molecule has 4 heteroatoms. The molecule has 0 amide bonds. The summed E-state index contributed by atoms with van der Waals surface area (Å²) in [5.41, 5.74) is 0. The molecule has 0 saturated heterocycles. The van der Waals surface area contributed by atoms with Crippen LogP contribution in [0.25, 0.3) is 0 Å². The van der Waals surface area contributed by atoms with Crippen molar-refractivity contribution in [1.82, 2.24) is 0 Å². The van der Waals surface area contributed by atoms with E-state index in [-0.39, 0.29) is 18.0 Å². The maximum atomic E-state index is 11.4. The van der Waals surface area contributed by atoms with Crippen molar-refractivity contribution >= 4 is 5.97 Å². The average molecular weight is 212 g/mol. The zero-order valence-electron chi connectivity index (χ0n) is 8.90. The van der Waals surface area contributed by atoms with Crippen LogP contribution < -0.4 is 0 Å². The van der Waals surface area contributed by atoms with Crippen molar-refractivity contribution in [3.05, 3.63) is 12.0 Å². The maximum Gasteiger partial charge on any atom is 0.376 e. The number of carbonyl (C=O) groups is 1. The van der Waals surface area contributed by atoms with Crippen LogP contribution >= 0.6 is 0 Å². The molecule has 2 unspecified atom stereocenters. The van der Waals surface area contributed by atoms with Crippen molar-refractivity contribution in [3.63, 3.8) is 0 Å². The Hall–Kier alpha value is -1.19. The van der Waals surface area contributed by atoms with Crippen LogP contribution in [0.3, 0.4) is 0 Å². The first kappa shape index (κ1) is 10.3. The lowest BCUT2D eigenvalue weighted by atomic mass is 9.94. The Balaban J connectivity index is 1.98. The Kier molecular flexibility index (Phi) is 3.14. The van der Waals surface area contributed by atoms with Gasteiger partial charge in [0, 0.05) is 0 Å². The van der Waals surface area contributed by atoms with Gasteiger partial charge in [-0.3, -0.25) is 0 Å². The summed E-state index contributed by atoms with van der Waals surface area (Å²) in [5.74, 6) is -0.221. The van der Waals surface area contributed by atoms with E-state index in [4.69, 9.17) is 14.2 Å². The predicted octanol–water partition coefficient (Wildman–Crippen LogP) is 1.75.